The number of hydrogen-bond acceptors (Lipinski definition) is 9. The first-order valence-electron chi connectivity index (χ1n) is 10.2. The van der Waals surface area contributed by atoms with Crippen molar-refractivity contribution in [3.05, 3.63) is 29.6 Å². The smallest absolute Gasteiger partial charge is 0.288 e. The van der Waals surface area contributed by atoms with Gasteiger partial charge >= 0.3 is 0 Å². The normalized spacial score (nSPS) is 14.7. The van der Waals surface area contributed by atoms with E-state index >= 15 is 0 Å². The van der Waals surface area contributed by atoms with Crippen LogP contribution >= 0.6 is 12.2 Å². The Kier molecular flexibility index (Phi) is 8.26. The van der Waals surface area contributed by atoms with Crippen LogP contribution in [0.15, 0.2) is 29.2 Å². The van der Waals surface area contributed by atoms with Crippen molar-refractivity contribution in [1.82, 2.24) is 24.9 Å². The lowest BCUT2D eigenvalue weighted by Crippen LogP contribution is -2.49. The maximum Gasteiger partial charge on any atom is 0.288 e. The fraction of sp³-hybridized carbons (Fsp3) is 0.476. The number of piperazine rings is 1. The molecule has 11 heteroatoms. The van der Waals surface area contributed by atoms with Crippen molar-refractivity contribution in [3.63, 3.8) is 0 Å². The largest absolute Gasteiger partial charge is 0.493 e. The number of benzene rings is 1. The lowest BCUT2D eigenvalue weighted by atomic mass is 10.2. The van der Waals surface area contributed by atoms with Gasteiger partial charge in [-0.25, -0.2) is 4.68 Å². The highest BCUT2D eigenvalue weighted by molar-refractivity contribution is 7.71. The van der Waals surface area contributed by atoms with Gasteiger partial charge in [0.2, 0.25) is 17.5 Å². The number of ether oxygens (including phenoxy) is 3. The third-order valence-corrected chi connectivity index (χ3v) is 5.42. The zero-order valence-corrected chi connectivity index (χ0v) is 19.4. The summed E-state index contributed by atoms with van der Waals surface area (Å²) in [6.45, 7) is 8.13. The predicted octanol–water partition coefficient (Wildman–Crippen LogP) is 1.78. The van der Waals surface area contributed by atoms with Crippen molar-refractivity contribution in [2.24, 2.45) is 0 Å². The minimum Gasteiger partial charge on any atom is -0.493 e. The summed E-state index contributed by atoms with van der Waals surface area (Å²) in [4.78, 5) is 16.5. The SMILES string of the molecule is C=CCNC(=O)CN1CCN(Cn2nc(-c3cc(OC)c(OC)c(OC)c3)oc2=S)CC1. The summed E-state index contributed by atoms with van der Waals surface area (Å²) in [7, 11) is 4.66. The summed E-state index contributed by atoms with van der Waals surface area (Å²) >= 11 is 5.38. The first-order chi connectivity index (χ1) is 15.5. The fourth-order valence-electron chi connectivity index (χ4n) is 3.44. The van der Waals surface area contributed by atoms with Gasteiger partial charge in [0.25, 0.3) is 4.84 Å². The van der Waals surface area contributed by atoms with Gasteiger partial charge in [0.15, 0.2) is 11.5 Å². The topological polar surface area (TPSA) is 94.2 Å². The van der Waals surface area contributed by atoms with Crippen LogP contribution < -0.4 is 19.5 Å². The van der Waals surface area contributed by atoms with Crippen LogP contribution in [0.5, 0.6) is 17.2 Å². The second kappa shape index (κ2) is 11.1. The number of rotatable bonds is 10. The lowest BCUT2D eigenvalue weighted by Gasteiger charge is -2.33. The van der Waals surface area contributed by atoms with Crippen molar-refractivity contribution < 1.29 is 23.4 Å². The van der Waals surface area contributed by atoms with Gasteiger partial charge in [-0.3, -0.25) is 14.6 Å². The minimum absolute atomic E-state index is 0.00654. The van der Waals surface area contributed by atoms with Crippen LogP contribution in [-0.2, 0) is 11.5 Å². The Balaban J connectivity index is 1.65. The van der Waals surface area contributed by atoms with Crippen molar-refractivity contribution in [1.29, 1.82) is 0 Å². The molecule has 32 heavy (non-hydrogen) atoms. The van der Waals surface area contributed by atoms with Crippen molar-refractivity contribution in [2.45, 2.75) is 6.67 Å². The van der Waals surface area contributed by atoms with E-state index in [1.807, 2.05) is 0 Å². The molecule has 1 fully saturated rings. The zero-order valence-electron chi connectivity index (χ0n) is 18.6. The maximum atomic E-state index is 11.9. The first kappa shape index (κ1) is 23.8. The number of nitrogens with one attached hydrogen (secondary N) is 1. The standard InChI is InChI=1S/C21H29N5O5S/c1-5-6-22-18(27)13-24-7-9-25(10-8-24)14-26-21(32)31-20(23-26)15-11-16(28-2)19(30-4)17(12-15)29-3/h5,11-12H,1,6-10,13-14H2,2-4H3,(H,22,27). The van der Waals surface area contributed by atoms with E-state index in [-0.39, 0.29) is 10.7 Å². The molecule has 174 valence electrons. The number of aromatic nitrogens is 2. The average molecular weight is 464 g/mol. The predicted molar refractivity (Wildman–Crippen MR) is 122 cm³/mol. The Morgan fingerprint density at radius 3 is 2.34 bits per heavy atom. The number of nitrogens with zero attached hydrogens (tertiary/aromatic N) is 4. The van der Waals surface area contributed by atoms with Crippen molar-refractivity contribution in [2.75, 3.05) is 60.6 Å². The Morgan fingerprint density at radius 1 is 1.16 bits per heavy atom. The van der Waals surface area contributed by atoms with Gasteiger partial charge < -0.3 is 23.9 Å². The van der Waals surface area contributed by atoms with E-state index in [2.05, 4.69) is 26.8 Å². The quantitative estimate of drug-likeness (QED) is 0.418. The van der Waals surface area contributed by atoms with Crippen molar-refractivity contribution >= 4 is 18.1 Å². The highest BCUT2D eigenvalue weighted by Gasteiger charge is 2.21. The molecule has 2 heterocycles. The molecule has 0 saturated carbocycles. The van der Waals surface area contributed by atoms with E-state index in [4.69, 9.17) is 30.8 Å². The summed E-state index contributed by atoms with van der Waals surface area (Å²) in [6, 6.07) is 3.53. The van der Waals surface area contributed by atoms with E-state index in [1.165, 1.54) is 0 Å². The summed E-state index contributed by atoms with van der Waals surface area (Å²) < 4.78 is 23.6. The molecule has 1 saturated heterocycles. The molecule has 0 atom stereocenters. The van der Waals surface area contributed by atoms with Crippen molar-refractivity contribution in [3.8, 4) is 28.7 Å². The number of carbonyl (C=O) groups is 1. The molecule has 0 unspecified atom stereocenters. The highest BCUT2D eigenvalue weighted by atomic mass is 32.1. The fourth-order valence-corrected chi connectivity index (χ4v) is 3.62. The van der Waals surface area contributed by atoms with Gasteiger partial charge in [-0.15, -0.1) is 11.7 Å². The van der Waals surface area contributed by atoms with E-state index in [0.717, 1.165) is 26.2 Å². The molecule has 2 aromatic rings. The monoisotopic (exact) mass is 463 g/mol. The molecule has 10 nitrogen and oxygen atoms in total. The molecular weight excluding hydrogens is 434 g/mol. The lowest BCUT2D eigenvalue weighted by molar-refractivity contribution is -0.122. The number of methoxy groups -OCH3 is 3. The van der Waals surface area contributed by atoms with Gasteiger partial charge in [-0.05, 0) is 24.4 Å². The number of hydrogen-bond donors (Lipinski definition) is 1. The van der Waals surface area contributed by atoms with Crippen LogP contribution in [0.1, 0.15) is 0 Å². The average Bonchev–Trinajstić information content (AvgIpc) is 3.17. The van der Waals surface area contributed by atoms with E-state index in [9.17, 15) is 4.79 Å². The zero-order chi connectivity index (χ0) is 23.1. The van der Waals surface area contributed by atoms with E-state index < -0.39 is 0 Å². The molecule has 0 bridgehead atoms. The van der Waals surface area contributed by atoms with Crippen LogP contribution in [0.4, 0.5) is 0 Å². The molecule has 1 aromatic heterocycles. The van der Waals surface area contributed by atoms with Gasteiger partial charge in [-0.2, -0.15) is 0 Å². The second-order valence-corrected chi connectivity index (χ2v) is 7.56. The second-order valence-electron chi connectivity index (χ2n) is 7.22. The van der Waals surface area contributed by atoms with Gasteiger partial charge in [0.1, 0.15) is 0 Å². The third kappa shape index (κ3) is 5.67. The molecular formula is C21H29N5O5S. The molecule has 3 rings (SSSR count). The minimum atomic E-state index is 0.00654. The highest BCUT2D eigenvalue weighted by Crippen LogP contribution is 2.40. The van der Waals surface area contributed by atoms with Gasteiger partial charge in [0, 0.05) is 38.3 Å². The van der Waals surface area contributed by atoms with Gasteiger partial charge in [0.05, 0.1) is 34.5 Å². The first-order valence-corrected chi connectivity index (χ1v) is 10.6. The molecule has 1 aliphatic rings. The Labute approximate surface area is 192 Å². The molecule has 1 aliphatic heterocycles. The summed E-state index contributed by atoms with van der Waals surface area (Å²) in [5.41, 5.74) is 0.666. The molecule has 1 aromatic carbocycles. The van der Waals surface area contributed by atoms with Crippen LogP contribution in [0.2, 0.25) is 0 Å². The number of amides is 1. The summed E-state index contributed by atoms with van der Waals surface area (Å²) in [6.07, 6.45) is 1.67. The van der Waals surface area contributed by atoms with Crippen LogP contribution in [0.3, 0.4) is 0 Å². The molecule has 0 radical (unpaired) electrons. The molecule has 0 spiro atoms. The Morgan fingerprint density at radius 2 is 1.78 bits per heavy atom. The maximum absolute atomic E-state index is 11.9. The Bertz CT molecular complexity index is 972. The molecule has 1 N–H and O–H groups in total. The van der Waals surface area contributed by atoms with Gasteiger partial charge in [-0.1, -0.05) is 6.08 Å². The molecule has 1 amide bonds. The number of carbonyl (C=O) groups excluding carboxylic acids is 1. The van der Waals surface area contributed by atoms with Crippen LogP contribution in [0.25, 0.3) is 11.5 Å². The van der Waals surface area contributed by atoms with E-state index in [0.29, 0.717) is 48.5 Å². The Hall–Kier alpha value is -2.89. The third-order valence-electron chi connectivity index (χ3n) is 5.13. The molecule has 0 aliphatic carbocycles. The summed E-state index contributed by atoms with van der Waals surface area (Å²) in [5, 5.41) is 7.35. The van der Waals surface area contributed by atoms with Crippen LogP contribution in [-0.4, -0.2) is 86.1 Å². The van der Waals surface area contributed by atoms with Crippen LogP contribution in [0, 0.1) is 4.84 Å². The summed E-state index contributed by atoms with van der Waals surface area (Å²) in [5.74, 6) is 1.88. The van der Waals surface area contributed by atoms with E-state index in [1.54, 1.807) is 44.2 Å².